The summed E-state index contributed by atoms with van der Waals surface area (Å²) in [4.78, 5) is 0. The molecule has 2 aromatic rings. The molecule has 0 saturated carbocycles. The van der Waals surface area contributed by atoms with Crippen LogP contribution in [0, 0.1) is 0 Å². The fourth-order valence-electron chi connectivity index (χ4n) is 0.770. The summed E-state index contributed by atoms with van der Waals surface area (Å²) >= 11 is -0.826. The fraction of sp³-hybridized carbons (Fsp3) is 0. The number of halogens is 2. The number of hydrogen-bond donors (Lipinski definition) is 0. The van der Waals surface area contributed by atoms with E-state index in [9.17, 15) is 0 Å². The van der Waals surface area contributed by atoms with Crippen molar-refractivity contribution in [1.29, 1.82) is 0 Å². The third-order valence-electron chi connectivity index (χ3n) is 1.33. The van der Waals surface area contributed by atoms with Crippen LogP contribution in [0.3, 0.4) is 0 Å². The zero-order chi connectivity index (χ0) is 11.2. The van der Waals surface area contributed by atoms with Crippen molar-refractivity contribution in [2.24, 2.45) is 0 Å². The molecule has 0 aromatic heterocycles. The van der Waals surface area contributed by atoms with E-state index in [1.165, 1.54) is 0 Å². The van der Waals surface area contributed by atoms with Crippen molar-refractivity contribution < 1.29 is 20.8 Å². The summed E-state index contributed by atoms with van der Waals surface area (Å²) in [5, 5.41) is 0. The molecule has 2 rings (SSSR count). The van der Waals surface area contributed by atoms with Gasteiger partial charge in [-0.05, 0) is 0 Å². The van der Waals surface area contributed by atoms with E-state index in [0.717, 1.165) is 0 Å². The zero-order valence-electron chi connectivity index (χ0n) is 8.18. The molecule has 0 amide bonds. The minimum Gasteiger partial charge on any atom is -0.0623 e. The van der Waals surface area contributed by atoms with Gasteiger partial charge in [0.1, 0.15) is 0 Å². The Kier molecular flexibility index (Phi) is 13.8. The van der Waals surface area contributed by atoms with Crippen molar-refractivity contribution in [1.82, 2.24) is 0 Å². The number of rotatable bonds is 0. The van der Waals surface area contributed by atoms with Crippen LogP contribution in [0.5, 0.6) is 0 Å². The molecule has 0 radical (unpaired) electrons. The Bertz CT molecular complexity index is 202. The maximum Gasteiger partial charge on any atom is -0.0623 e. The molecule has 0 aliphatic rings. The summed E-state index contributed by atoms with van der Waals surface area (Å²) in [6.45, 7) is 0. The van der Waals surface area contributed by atoms with Crippen molar-refractivity contribution in [2.75, 3.05) is 0 Å². The van der Waals surface area contributed by atoms with Crippen LogP contribution in [0.1, 0.15) is 0 Å². The van der Waals surface area contributed by atoms with Gasteiger partial charge in [-0.25, -0.2) is 0 Å². The van der Waals surface area contributed by atoms with Crippen molar-refractivity contribution in [3.05, 3.63) is 72.8 Å². The first-order chi connectivity index (χ1) is 7.41. The van der Waals surface area contributed by atoms with Crippen LogP contribution in [0.25, 0.3) is 0 Å². The maximum atomic E-state index is 4.93. The molecule has 0 unspecified atom stereocenters. The Labute approximate surface area is 110 Å². The average molecular weight is 318 g/mol. The van der Waals surface area contributed by atoms with Gasteiger partial charge in [-0.3, -0.25) is 0 Å². The van der Waals surface area contributed by atoms with E-state index in [1.807, 2.05) is 72.8 Å². The molecule has 0 heterocycles. The van der Waals surface area contributed by atoms with Crippen LogP contribution in [-0.2, 0) is 20.8 Å². The normalized spacial score (nSPS) is 7.33. The van der Waals surface area contributed by atoms with E-state index in [2.05, 4.69) is 0 Å². The van der Waals surface area contributed by atoms with Crippen molar-refractivity contribution >= 4 is 17.0 Å². The van der Waals surface area contributed by atoms with E-state index in [1.54, 1.807) is 0 Å². The Balaban J connectivity index is 0.000000210. The second kappa shape index (κ2) is 13.9. The Morgan fingerprint density at radius 2 is 0.467 bits per heavy atom. The minimum absolute atomic E-state index is 0.826. The van der Waals surface area contributed by atoms with Crippen molar-refractivity contribution in [3.8, 4) is 0 Å². The number of hydrogen-bond acceptors (Lipinski definition) is 0. The summed E-state index contributed by atoms with van der Waals surface area (Å²) in [5.41, 5.74) is 0. The molecule has 0 atom stereocenters. The molecule has 2 aromatic carbocycles. The van der Waals surface area contributed by atoms with Crippen LogP contribution in [-0.4, -0.2) is 0 Å². The molecule has 3 heteroatoms. The molecule has 0 bridgehead atoms. The van der Waals surface area contributed by atoms with E-state index in [-0.39, 0.29) is 0 Å². The topological polar surface area (TPSA) is 0 Å². The van der Waals surface area contributed by atoms with Crippen molar-refractivity contribution in [2.45, 2.75) is 0 Å². The van der Waals surface area contributed by atoms with Crippen LogP contribution in [0.15, 0.2) is 72.8 Å². The largest absolute Gasteiger partial charge is 0.0623 e. The van der Waals surface area contributed by atoms with Crippen LogP contribution in [0.2, 0.25) is 0 Å². The van der Waals surface area contributed by atoms with Gasteiger partial charge < -0.3 is 0 Å². The minimum atomic E-state index is -0.826. The second-order valence-corrected chi connectivity index (χ2v) is 6.11. The third-order valence-corrected chi connectivity index (χ3v) is 1.33. The third kappa shape index (κ3) is 13.9. The van der Waals surface area contributed by atoms with Crippen LogP contribution in [0.4, 0.5) is 0 Å². The van der Waals surface area contributed by atoms with Gasteiger partial charge in [0.25, 0.3) is 0 Å². The van der Waals surface area contributed by atoms with Gasteiger partial charge >= 0.3 is 37.9 Å². The Hall–Kier alpha value is -0.0969. The first kappa shape index (κ1) is 14.9. The Morgan fingerprint density at radius 1 is 0.400 bits per heavy atom. The summed E-state index contributed by atoms with van der Waals surface area (Å²) in [6, 6.07) is 24.0. The quantitative estimate of drug-likeness (QED) is 0.657. The van der Waals surface area contributed by atoms with Crippen LogP contribution >= 0.6 is 17.0 Å². The molecular weight excluding hydrogens is 306 g/mol. The average Bonchev–Trinajstić information content (AvgIpc) is 2.35. The number of benzene rings is 2. The van der Waals surface area contributed by atoms with Gasteiger partial charge in [-0.1, -0.05) is 72.8 Å². The predicted octanol–water partition coefficient (Wildman–Crippen LogP) is 4.75. The molecule has 0 nitrogen and oxygen atoms in total. The molecule has 0 N–H and O–H groups in total. The summed E-state index contributed by atoms with van der Waals surface area (Å²) < 4.78 is 0. The van der Waals surface area contributed by atoms with Gasteiger partial charge in [0.15, 0.2) is 0 Å². The van der Waals surface area contributed by atoms with E-state index in [0.29, 0.717) is 0 Å². The molecule has 0 fully saturated rings. The summed E-state index contributed by atoms with van der Waals surface area (Å²) in [6.07, 6.45) is 0. The Morgan fingerprint density at radius 3 is 0.533 bits per heavy atom. The van der Waals surface area contributed by atoms with Gasteiger partial charge in [0.05, 0.1) is 0 Å². The molecule has 0 aliphatic heterocycles. The predicted molar refractivity (Wildman–Crippen MR) is 64.6 cm³/mol. The van der Waals surface area contributed by atoms with E-state index >= 15 is 0 Å². The SMILES string of the molecule is [Cl][Zr][Cl].c1ccccc1.c1ccccc1. The maximum absolute atomic E-state index is 4.93. The van der Waals surface area contributed by atoms with Gasteiger partial charge in [0, 0.05) is 0 Å². The summed E-state index contributed by atoms with van der Waals surface area (Å²) in [5.74, 6) is 0. The van der Waals surface area contributed by atoms with Gasteiger partial charge in [-0.2, -0.15) is 0 Å². The summed E-state index contributed by atoms with van der Waals surface area (Å²) in [7, 11) is 9.87. The monoisotopic (exact) mass is 316 g/mol. The first-order valence-corrected chi connectivity index (χ1v) is 10.7. The second-order valence-electron chi connectivity index (χ2n) is 2.38. The van der Waals surface area contributed by atoms with Crippen molar-refractivity contribution in [3.63, 3.8) is 0 Å². The molecule has 78 valence electrons. The van der Waals surface area contributed by atoms with E-state index < -0.39 is 20.8 Å². The van der Waals surface area contributed by atoms with Crippen LogP contribution < -0.4 is 0 Å². The molecular formula is C12H12Cl2Zr. The van der Waals surface area contributed by atoms with Gasteiger partial charge in [-0.15, -0.1) is 0 Å². The fourth-order valence-corrected chi connectivity index (χ4v) is 0.770. The van der Waals surface area contributed by atoms with E-state index in [4.69, 9.17) is 17.0 Å². The molecule has 0 aliphatic carbocycles. The molecule has 0 saturated heterocycles. The first-order valence-electron chi connectivity index (χ1n) is 4.38. The molecule has 15 heavy (non-hydrogen) atoms. The molecule has 0 spiro atoms. The smallest absolute Gasteiger partial charge is 0.0623 e. The standard InChI is InChI=1S/2C6H6.2ClH.Zr/c2*1-2-4-6-5-3-1;;;/h2*1-6H;2*1H;/q;;;;+2/p-2. The van der Waals surface area contributed by atoms with Gasteiger partial charge in [0.2, 0.25) is 0 Å². The zero-order valence-corrected chi connectivity index (χ0v) is 12.2.